The molecular weight excluding hydrogens is 338 g/mol. The Kier molecular flexibility index (Phi) is 4.42. The molecule has 2 aromatic carbocycles. The van der Waals surface area contributed by atoms with Crippen LogP contribution in [0.2, 0.25) is 0 Å². The maximum Gasteiger partial charge on any atom is 0.131 e. The lowest BCUT2D eigenvalue weighted by Gasteiger charge is -2.15. The van der Waals surface area contributed by atoms with E-state index in [9.17, 15) is 8.78 Å². The molecule has 5 heteroatoms. The second-order valence-electron chi connectivity index (χ2n) is 3.91. The molecule has 0 aromatic heterocycles. The molecular formula is C14H10BrClF2O. The number of halogens is 4. The van der Waals surface area contributed by atoms with Crippen LogP contribution < -0.4 is 4.74 Å². The Labute approximate surface area is 123 Å². The lowest BCUT2D eigenvalue weighted by atomic mass is 10.0. The summed E-state index contributed by atoms with van der Waals surface area (Å²) in [6.45, 7) is 0. The van der Waals surface area contributed by atoms with Crippen molar-refractivity contribution in [1.82, 2.24) is 0 Å². The summed E-state index contributed by atoms with van der Waals surface area (Å²) in [4.78, 5) is 0. The smallest absolute Gasteiger partial charge is 0.131 e. The Balaban J connectivity index is 2.46. The fraction of sp³-hybridized carbons (Fsp3) is 0.143. The van der Waals surface area contributed by atoms with Crippen LogP contribution in [0.25, 0.3) is 0 Å². The summed E-state index contributed by atoms with van der Waals surface area (Å²) in [5, 5.41) is -0.747. The number of ether oxygens (including phenoxy) is 1. The minimum Gasteiger partial charge on any atom is -0.496 e. The zero-order chi connectivity index (χ0) is 14.0. The first-order chi connectivity index (χ1) is 9.02. The van der Waals surface area contributed by atoms with Crippen molar-refractivity contribution in [2.75, 3.05) is 7.11 Å². The summed E-state index contributed by atoms with van der Waals surface area (Å²) < 4.78 is 32.7. The van der Waals surface area contributed by atoms with Gasteiger partial charge in [0, 0.05) is 21.7 Å². The van der Waals surface area contributed by atoms with E-state index in [1.807, 2.05) is 0 Å². The maximum atomic E-state index is 13.7. The molecule has 2 rings (SSSR count). The van der Waals surface area contributed by atoms with Crippen LogP contribution in [0.15, 0.2) is 40.9 Å². The molecule has 0 saturated heterocycles. The molecule has 19 heavy (non-hydrogen) atoms. The van der Waals surface area contributed by atoms with Gasteiger partial charge in [0.05, 0.1) is 12.5 Å². The average Bonchev–Trinajstić information content (AvgIpc) is 2.37. The highest BCUT2D eigenvalue weighted by Gasteiger charge is 2.19. The molecule has 0 aliphatic heterocycles. The summed E-state index contributed by atoms with van der Waals surface area (Å²) in [7, 11) is 1.51. The lowest BCUT2D eigenvalue weighted by molar-refractivity contribution is 0.409. The molecule has 2 aromatic rings. The number of benzene rings is 2. The number of hydrogen-bond acceptors (Lipinski definition) is 1. The van der Waals surface area contributed by atoms with Crippen molar-refractivity contribution in [2.45, 2.75) is 5.38 Å². The van der Waals surface area contributed by atoms with E-state index in [-0.39, 0.29) is 5.56 Å². The summed E-state index contributed by atoms with van der Waals surface area (Å²) >= 11 is 9.59. The fourth-order valence-corrected chi connectivity index (χ4v) is 2.47. The van der Waals surface area contributed by atoms with Crippen molar-refractivity contribution in [2.24, 2.45) is 0 Å². The number of hydrogen-bond donors (Lipinski definition) is 0. The zero-order valence-electron chi connectivity index (χ0n) is 9.96. The van der Waals surface area contributed by atoms with E-state index in [0.717, 1.165) is 10.5 Å². The van der Waals surface area contributed by atoms with Gasteiger partial charge in [-0.15, -0.1) is 11.6 Å². The fourth-order valence-electron chi connectivity index (χ4n) is 1.77. The monoisotopic (exact) mass is 346 g/mol. The van der Waals surface area contributed by atoms with Gasteiger partial charge in [-0.05, 0) is 18.2 Å². The molecule has 1 unspecified atom stereocenters. The Morgan fingerprint density at radius 3 is 2.42 bits per heavy atom. The molecule has 0 fully saturated rings. The van der Waals surface area contributed by atoms with E-state index < -0.39 is 17.0 Å². The van der Waals surface area contributed by atoms with Gasteiger partial charge in [-0.2, -0.15) is 0 Å². The molecule has 1 nitrogen and oxygen atoms in total. The van der Waals surface area contributed by atoms with Crippen molar-refractivity contribution in [1.29, 1.82) is 0 Å². The van der Waals surface area contributed by atoms with Crippen LogP contribution in [0.4, 0.5) is 8.78 Å². The highest BCUT2D eigenvalue weighted by molar-refractivity contribution is 9.10. The zero-order valence-corrected chi connectivity index (χ0v) is 12.3. The SMILES string of the molecule is COc1cc(Br)ccc1C(Cl)c1ccc(F)cc1F. The normalized spacial score (nSPS) is 12.3. The second kappa shape index (κ2) is 5.88. The quantitative estimate of drug-likeness (QED) is 0.705. The van der Waals surface area contributed by atoms with Gasteiger partial charge in [0.1, 0.15) is 17.4 Å². The molecule has 0 aliphatic rings. The molecule has 0 radical (unpaired) electrons. The molecule has 1 atom stereocenters. The predicted molar refractivity (Wildman–Crippen MR) is 74.7 cm³/mol. The van der Waals surface area contributed by atoms with Gasteiger partial charge in [0.15, 0.2) is 0 Å². The van der Waals surface area contributed by atoms with Crippen molar-refractivity contribution in [3.05, 3.63) is 63.6 Å². The highest BCUT2D eigenvalue weighted by Crippen LogP contribution is 2.37. The van der Waals surface area contributed by atoms with E-state index in [1.54, 1.807) is 18.2 Å². The standard InChI is InChI=1S/C14H10BrClF2O/c1-19-13-6-8(15)2-4-11(13)14(16)10-5-3-9(17)7-12(10)18/h2-7,14H,1H3. The largest absolute Gasteiger partial charge is 0.496 e. The van der Waals surface area contributed by atoms with E-state index in [2.05, 4.69) is 15.9 Å². The maximum absolute atomic E-state index is 13.7. The Morgan fingerprint density at radius 1 is 1.11 bits per heavy atom. The van der Waals surface area contributed by atoms with Crippen LogP contribution in [0, 0.1) is 11.6 Å². The third-order valence-corrected chi connectivity index (χ3v) is 3.67. The van der Waals surface area contributed by atoms with Gasteiger partial charge < -0.3 is 4.74 Å². The summed E-state index contributed by atoms with van der Waals surface area (Å²) in [5.74, 6) is -0.768. The molecule has 0 saturated carbocycles. The van der Waals surface area contributed by atoms with Crippen LogP contribution >= 0.6 is 27.5 Å². The topological polar surface area (TPSA) is 9.23 Å². The first kappa shape index (κ1) is 14.3. The third-order valence-electron chi connectivity index (χ3n) is 2.70. The van der Waals surface area contributed by atoms with Crippen molar-refractivity contribution in [3.8, 4) is 5.75 Å². The van der Waals surface area contributed by atoms with Gasteiger partial charge >= 0.3 is 0 Å². The van der Waals surface area contributed by atoms with E-state index >= 15 is 0 Å². The first-order valence-electron chi connectivity index (χ1n) is 5.45. The van der Waals surface area contributed by atoms with Gasteiger partial charge in [0.2, 0.25) is 0 Å². The molecule has 0 aliphatic carbocycles. The third kappa shape index (κ3) is 3.07. The average molecular weight is 348 g/mol. The first-order valence-corrected chi connectivity index (χ1v) is 6.68. The molecule has 0 bridgehead atoms. The summed E-state index contributed by atoms with van der Waals surface area (Å²) in [5.41, 5.74) is 0.835. The van der Waals surface area contributed by atoms with Gasteiger partial charge in [-0.25, -0.2) is 8.78 Å². The number of methoxy groups -OCH3 is 1. The van der Waals surface area contributed by atoms with Gasteiger partial charge in [-0.1, -0.05) is 28.1 Å². The van der Waals surface area contributed by atoms with E-state index in [1.165, 1.54) is 19.2 Å². The van der Waals surface area contributed by atoms with Crippen LogP contribution in [0.1, 0.15) is 16.5 Å². The Bertz CT molecular complexity index is 604. The summed E-state index contributed by atoms with van der Waals surface area (Å²) in [6, 6.07) is 8.60. The van der Waals surface area contributed by atoms with E-state index in [0.29, 0.717) is 11.3 Å². The molecule has 0 spiro atoms. The van der Waals surface area contributed by atoms with Crippen LogP contribution in [-0.4, -0.2) is 7.11 Å². The molecule has 0 N–H and O–H groups in total. The van der Waals surface area contributed by atoms with Crippen molar-refractivity contribution >= 4 is 27.5 Å². The minimum absolute atomic E-state index is 0.212. The Morgan fingerprint density at radius 2 is 1.79 bits per heavy atom. The molecule has 0 heterocycles. The second-order valence-corrected chi connectivity index (χ2v) is 5.27. The van der Waals surface area contributed by atoms with Crippen LogP contribution in [0.3, 0.4) is 0 Å². The van der Waals surface area contributed by atoms with E-state index in [4.69, 9.17) is 16.3 Å². The van der Waals surface area contributed by atoms with Crippen molar-refractivity contribution < 1.29 is 13.5 Å². The van der Waals surface area contributed by atoms with Crippen LogP contribution in [-0.2, 0) is 0 Å². The summed E-state index contributed by atoms with van der Waals surface area (Å²) in [6.07, 6.45) is 0. The predicted octanol–water partition coefficient (Wildman–Crippen LogP) is 5.06. The number of rotatable bonds is 3. The Hall–Kier alpha value is -1.13. The molecule has 0 amide bonds. The highest BCUT2D eigenvalue weighted by atomic mass is 79.9. The number of alkyl halides is 1. The van der Waals surface area contributed by atoms with Crippen LogP contribution in [0.5, 0.6) is 5.75 Å². The van der Waals surface area contributed by atoms with Gasteiger partial charge in [0.25, 0.3) is 0 Å². The molecule has 100 valence electrons. The minimum atomic E-state index is -0.747. The van der Waals surface area contributed by atoms with Gasteiger partial charge in [-0.3, -0.25) is 0 Å². The lowest BCUT2D eigenvalue weighted by Crippen LogP contribution is -2.00. The van der Waals surface area contributed by atoms with Crippen molar-refractivity contribution in [3.63, 3.8) is 0 Å².